The fourth-order valence-corrected chi connectivity index (χ4v) is 59.0. The van der Waals surface area contributed by atoms with Crippen LogP contribution in [0.5, 0.6) is 0 Å². The predicted molar refractivity (Wildman–Crippen MR) is 313 cm³/mol. The van der Waals surface area contributed by atoms with Crippen molar-refractivity contribution in [2.75, 3.05) is 52.4 Å². The highest BCUT2D eigenvalue weighted by Crippen LogP contribution is 2.21. The van der Waals surface area contributed by atoms with E-state index in [0.29, 0.717) is 11.1 Å². The van der Waals surface area contributed by atoms with Gasteiger partial charge in [-0.2, -0.15) is 0 Å². The third-order valence-electron chi connectivity index (χ3n) is 12.8. The Morgan fingerprint density at radius 2 is 0.508 bits per heavy atom. The largest absolute Gasteiger partial charge is 0.332 e. The lowest BCUT2D eigenvalue weighted by atomic mass is 10.1. The van der Waals surface area contributed by atoms with E-state index >= 15 is 0 Å². The fourth-order valence-electron chi connectivity index (χ4n) is 7.81. The Balaban J connectivity index is 0.000000410. The van der Waals surface area contributed by atoms with Gasteiger partial charge in [0, 0.05) is 11.1 Å². The summed E-state index contributed by atoms with van der Waals surface area (Å²) in [6.07, 6.45) is 0. The summed E-state index contributed by atoms with van der Waals surface area (Å²) in [7, 11) is -0.878. The molecule has 13 nitrogen and oxygen atoms in total. The maximum atomic E-state index is 2.89. The first kappa shape index (κ1) is 61.3. The molecule has 4 aliphatic heterocycles. The van der Waals surface area contributed by atoms with E-state index in [1.165, 1.54) is 52.4 Å². The van der Waals surface area contributed by atoms with Crippen LogP contribution < -0.4 is 0 Å². The van der Waals surface area contributed by atoms with Crippen molar-refractivity contribution in [2.45, 2.75) is 175 Å². The highest BCUT2D eigenvalue weighted by atomic mass is 28.4. The molecule has 4 aliphatic rings. The van der Waals surface area contributed by atoms with Crippen molar-refractivity contribution >= 4 is 128 Å². The minimum Gasteiger partial charge on any atom is -0.332 e. The molecule has 4 rings (SSSR count). The molecule has 0 spiro atoms. The van der Waals surface area contributed by atoms with Gasteiger partial charge in [0.25, 0.3) is 0 Å². The zero-order valence-electron chi connectivity index (χ0n) is 45.0. The molecule has 4 heterocycles. The lowest BCUT2D eigenvalue weighted by Gasteiger charge is -2.52. The first-order chi connectivity index (χ1) is 28.4. The van der Waals surface area contributed by atoms with Gasteiger partial charge in [0.1, 0.15) is 0 Å². The minimum absolute atomic E-state index is 0.0437. The third kappa shape index (κ3) is 24.4. The van der Waals surface area contributed by atoms with E-state index in [1.54, 1.807) is 0 Å². The number of hydrogen-bond acceptors (Lipinski definition) is 13. The van der Waals surface area contributed by atoms with Crippen molar-refractivity contribution in [3.05, 3.63) is 0 Å². The Morgan fingerprint density at radius 3 is 0.656 bits per heavy atom. The van der Waals surface area contributed by atoms with Gasteiger partial charge in [0.2, 0.25) is 0 Å². The summed E-state index contributed by atoms with van der Waals surface area (Å²) < 4.78 is 37.0. The van der Waals surface area contributed by atoms with Gasteiger partial charge >= 0.3 is 0 Å². The molecule has 0 N–H and O–H groups in total. The molecule has 0 aliphatic carbocycles. The molecule has 0 amide bonds. The molecular formula is C35H109N13Si13. The van der Waals surface area contributed by atoms with Gasteiger partial charge in [-0.25, -0.2) is 0 Å². The molecule has 0 atom stereocenters. The van der Waals surface area contributed by atoms with Crippen LogP contribution in [0.2, 0.25) is 0 Å². The molecule has 0 aromatic carbocycles. The van der Waals surface area contributed by atoms with Crippen LogP contribution in [-0.2, 0) is 0 Å². The lowest BCUT2D eigenvalue weighted by molar-refractivity contribution is 0.279. The highest BCUT2D eigenvalue weighted by Gasteiger charge is 2.36. The zero-order valence-corrected chi connectivity index (χ0v) is 63.4. The van der Waals surface area contributed by atoms with Crippen molar-refractivity contribution in [3.8, 4) is 0 Å². The van der Waals surface area contributed by atoms with Crippen LogP contribution in [0.4, 0.5) is 0 Å². The van der Waals surface area contributed by atoms with Crippen LogP contribution in [0.3, 0.4) is 0 Å². The molecule has 0 bridgehead atoms. The molecule has 0 aromatic heterocycles. The molecular weight excluding hydrogens is 968 g/mol. The van der Waals surface area contributed by atoms with E-state index in [4.69, 9.17) is 0 Å². The van der Waals surface area contributed by atoms with Crippen LogP contribution in [0, 0.1) is 5.92 Å². The molecule has 0 radical (unpaired) electrons. The second kappa shape index (κ2) is 31.4. The molecule has 4 fully saturated rings. The van der Waals surface area contributed by atoms with Crippen molar-refractivity contribution in [1.82, 2.24) is 55.0 Å². The molecule has 0 unspecified atom stereocenters. The highest BCUT2D eigenvalue weighted by molar-refractivity contribution is 6.67. The normalized spacial score (nSPS) is 27.7. The van der Waals surface area contributed by atoms with Gasteiger partial charge in [0.15, 0.2) is 128 Å². The van der Waals surface area contributed by atoms with Gasteiger partial charge in [-0.15, -0.1) is 0 Å². The first-order valence-electron chi connectivity index (χ1n) is 25.0. The fraction of sp³-hybridized carbons (Fsp3) is 1.00. The Hall–Kier alpha value is 2.30. The van der Waals surface area contributed by atoms with E-state index in [2.05, 4.69) is 200 Å². The van der Waals surface area contributed by atoms with E-state index in [-0.39, 0.29) is 128 Å². The van der Waals surface area contributed by atoms with E-state index in [9.17, 15) is 0 Å². The number of nitrogens with zero attached hydrogens (tertiary/aromatic N) is 13. The summed E-state index contributed by atoms with van der Waals surface area (Å²) >= 11 is 0. The topological polar surface area (TPSA) is 42.1 Å². The third-order valence-corrected chi connectivity index (χ3v) is 53.3. The van der Waals surface area contributed by atoms with Crippen LogP contribution in [0.25, 0.3) is 0 Å². The Morgan fingerprint density at radius 1 is 0.295 bits per heavy atom. The van der Waals surface area contributed by atoms with Gasteiger partial charge < -0.3 is 55.0 Å². The molecule has 26 heteroatoms. The number of hydrogen-bond donors (Lipinski definition) is 0. The maximum absolute atomic E-state index is 2.89. The first-order valence-corrected chi connectivity index (χ1v) is 41.4. The standard InChI is InChI=1S/C12H33N3Si3.C9H27N3Si3.C8H28N4Si4.C6H21N3Si3/c1-10(2)9-13-16-14(11(3,4)5)18-15(17-13)12(6,7)8;1-7(2)10-13-11(8(3)4)15-12(14-10)9(5)6;1-5-9-13-10(6-2)15-12(8-4)16-11(7-3)14-9;1-4-7-10-8(5-2)12-9(6-3)11-7/h10H,9,16-18H2,1-8H3;7-9H,13-15H2,1-6H3;5-8,13-16H2,1-4H3;4-6,10-12H2,1-3H3. The molecule has 0 saturated carbocycles. The van der Waals surface area contributed by atoms with Crippen LogP contribution >= 0.6 is 0 Å². The molecule has 0 aromatic rings. The van der Waals surface area contributed by atoms with Gasteiger partial charge in [0.05, 0.1) is 0 Å². The van der Waals surface area contributed by atoms with Gasteiger partial charge in [-0.1, -0.05) is 104 Å². The molecule has 61 heavy (non-hydrogen) atoms. The Labute approximate surface area is 413 Å². The summed E-state index contributed by atoms with van der Waals surface area (Å²) in [5, 5.41) is 0. The maximum Gasteiger partial charge on any atom is 0.161 e. The lowest BCUT2D eigenvalue weighted by Crippen LogP contribution is -2.69. The minimum atomic E-state index is -0.189. The van der Waals surface area contributed by atoms with Crippen LogP contribution in [-0.4, -0.2) is 265 Å². The van der Waals surface area contributed by atoms with Gasteiger partial charge in [-0.3, -0.25) is 0 Å². The second-order valence-electron chi connectivity index (χ2n) is 21.5. The Kier molecular flexibility index (Phi) is 31.6. The summed E-state index contributed by atoms with van der Waals surface area (Å²) in [6.45, 7) is 60.1. The second-order valence-corrected chi connectivity index (χ2v) is 59.0. The molecule has 4 saturated heterocycles. The zero-order chi connectivity index (χ0) is 46.7. The number of rotatable bonds is 12. The van der Waals surface area contributed by atoms with Crippen LogP contribution in [0.15, 0.2) is 0 Å². The predicted octanol–water partition coefficient (Wildman–Crippen LogP) is -5.47. The van der Waals surface area contributed by atoms with Crippen molar-refractivity contribution in [3.63, 3.8) is 0 Å². The van der Waals surface area contributed by atoms with Crippen molar-refractivity contribution < 1.29 is 0 Å². The summed E-state index contributed by atoms with van der Waals surface area (Å²) in [5.74, 6) is 0.813. The van der Waals surface area contributed by atoms with E-state index < -0.39 is 0 Å². The van der Waals surface area contributed by atoms with Crippen molar-refractivity contribution in [2.24, 2.45) is 5.92 Å². The van der Waals surface area contributed by atoms with E-state index in [0.717, 1.165) is 24.0 Å². The Bertz CT molecular complexity index is 994. The van der Waals surface area contributed by atoms with E-state index in [1.807, 2.05) is 0 Å². The SMILES string of the molecule is CC(C)CN1[SiH2]N(C(C)(C)C)[SiH2]N(C(C)(C)C)[SiH2]1.CC(C)N1[SiH2]N(C(C)C)[SiH2]N(C(C)C)[SiH2]1.CCN1[SiH2]N(CC)[SiH2]N(CC)[SiH2]1.CCN1[SiH2]N(CC)[SiH2]N(CC)[SiH2]N(CC)[SiH2]1. The molecule has 366 valence electrons. The quantitative estimate of drug-likeness (QED) is 0.175. The van der Waals surface area contributed by atoms with Gasteiger partial charge in [-0.05, 0) is 118 Å². The average molecular weight is 1080 g/mol. The summed E-state index contributed by atoms with van der Waals surface area (Å²) in [4.78, 5) is 0. The van der Waals surface area contributed by atoms with Crippen molar-refractivity contribution in [1.29, 1.82) is 0 Å². The summed E-state index contributed by atoms with van der Waals surface area (Å²) in [6, 6.07) is 2.33. The smallest absolute Gasteiger partial charge is 0.161 e. The summed E-state index contributed by atoms with van der Waals surface area (Å²) in [5.41, 5.74) is 0.762. The van der Waals surface area contributed by atoms with Crippen LogP contribution in [0.1, 0.15) is 145 Å². The average Bonchev–Trinajstić information content (AvgIpc) is 3.20. The monoisotopic (exact) mass is 1080 g/mol.